The molecule has 0 saturated heterocycles. The molecule has 0 aliphatic rings. The first-order valence-corrected chi connectivity index (χ1v) is 5.03. The van der Waals surface area contributed by atoms with Crippen LogP contribution in [0.15, 0.2) is 30.5 Å². The largest absolute Gasteiger partial charge is 0.323 e. The Morgan fingerprint density at radius 3 is 2.67 bits per heavy atom. The minimum Gasteiger partial charge on any atom is -0.315 e. The smallest absolute Gasteiger partial charge is 0.315 e. The van der Waals surface area contributed by atoms with Crippen LogP contribution in [0.2, 0.25) is 10.0 Å². The summed E-state index contributed by atoms with van der Waals surface area (Å²) >= 11 is 11.5. The minimum absolute atomic E-state index is 0.327. The van der Waals surface area contributed by atoms with Gasteiger partial charge in [0.1, 0.15) is 0 Å². The number of urea groups is 1. The number of rotatable bonds is 2. The van der Waals surface area contributed by atoms with E-state index in [1.165, 1.54) is 6.20 Å². The summed E-state index contributed by atoms with van der Waals surface area (Å²) in [6.45, 7) is 1.80. The van der Waals surface area contributed by atoms with Crippen LogP contribution in [0.3, 0.4) is 0 Å². The lowest BCUT2D eigenvalue weighted by molar-refractivity contribution is 0.255. The lowest BCUT2D eigenvalue weighted by atomic mass is 10.3. The van der Waals surface area contributed by atoms with E-state index in [1.807, 2.05) is 0 Å². The van der Waals surface area contributed by atoms with E-state index in [1.54, 1.807) is 31.2 Å². The molecule has 0 radical (unpaired) electrons. The quantitative estimate of drug-likeness (QED) is 0.820. The van der Waals surface area contributed by atoms with E-state index in [0.29, 0.717) is 15.7 Å². The van der Waals surface area contributed by atoms with Crippen molar-refractivity contribution in [2.24, 2.45) is 0 Å². The SMILES string of the molecule is C/C=C/NC(=O)Nc1ccc(Cl)c(Cl)c1. The van der Waals surface area contributed by atoms with E-state index >= 15 is 0 Å². The second-order valence-electron chi connectivity index (χ2n) is 2.73. The van der Waals surface area contributed by atoms with Crippen molar-refractivity contribution < 1.29 is 4.79 Å². The number of hydrogen-bond donors (Lipinski definition) is 2. The Hall–Kier alpha value is -1.19. The Labute approximate surface area is 98.1 Å². The van der Waals surface area contributed by atoms with Crippen molar-refractivity contribution in [3.8, 4) is 0 Å². The van der Waals surface area contributed by atoms with Gasteiger partial charge in [-0.25, -0.2) is 4.79 Å². The first-order chi connectivity index (χ1) is 7.13. The van der Waals surface area contributed by atoms with Crippen molar-refractivity contribution >= 4 is 34.9 Å². The van der Waals surface area contributed by atoms with Crippen LogP contribution in [0, 0.1) is 0 Å². The minimum atomic E-state index is -0.327. The molecule has 0 fully saturated rings. The monoisotopic (exact) mass is 244 g/mol. The Morgan fingerprint density at radius 2 is 2.07 bits per heavy atom. The molecule has 0 atom stereocenters. The molecule has 2 amide bonds. The standard InChI is InChI=1S/C10H10Cl2N2O/c1-2-5-13-10(15)14-7-3-4-8(11)9(12)6-7/h2-6H,1H3,(H2,13,14,15)/b5-2+. The van der Waals surface area contributed by atoms with E-state index in [4.69, 9.17) is 23.2 Å². The van der Waals surface area contributed by atoms with Crippen molar-refractivity contribution in [1.29, 1.82) is 0 Å². The molecule has 0 aliphatic heterocycles. The predicted octanol–water partition coefficient (Wildman–Crippen LogP) is 3.65. The topological polar surface area (TPSA) is 41.1 Å². The summed E-state index contributed by atoms with van der Waals surface area (Å²) in [5.41, 5.74) is 0.589. The Bertz CT molecular complexity index is 391. The van der Waals surface area contributed by atoms with Crippen molar-refractivity contribution in [3.63, 3.8) is 0 Å². The fourth-order valence-corrected chi connectivity index (χ4v) is 1.20. The number of anilines is 1. The van der Waals surface area contributed by atoms with Gasteiger partial charge in [-0.3, -0.25) is 0 Å². The Kier molecular flexibility index (Phi) is 4.46. The van der Waals surface area contributed by atoms with Gasteiger partial charge in [0.25, 0.3) is 0 Å². The van der Waals surface area contributed by atoms with Crippen molar-refractivity contribution in [1.82, 2.24) is 5.32 Å². The van der Waals surface area contributed by atoms with Crippen LogP contribution < -0.4 is 10.6 Å². The summed E-state index contributed by atoms with van der Waals surface area (Å²) in [6, 6.07) is 4.55. The first-order valence-electron chi connectivity index (χ1n) is 4.27. The number of carbonyl (C=O) groups excluding carboxylic acids is 1. The highest BCUT2D eigenvalue weighted by molar-refractivity contribution is 6.42. The van der Waals surface area contributed by atoms with Gasteiger partial charge >= 0.3 is 6.03 Å². The maximum Gasteiger partial charge on any atom is 0.323 e. The third-order valence-electron chi connectivity index (χ3n) is 1.56. The van der Waals surface area contributed by atoms with Gasteiger partial charge in [-0.05, 0) is 25.1 Å². The highest BCUT2D eigenvalue weighted by atomic mass is 35.5. The fraction of sp³-hybridized carbons (Fsp3) is 0.100. The lowest BCUT2D eigenvalue weighted by Crippen LogP contribution is -2.23. The molecule has 0 spiro atoms. The molecule has 1 rings (SSSR count). The Balaban J connectivity index is 2.65. The third-order valence-corrected chi connectivity index (χ3v) is 2.30. The first kappa shape index (κ1) is 11.9. The summed E-state index contributed by atoms with van der Waals surface area (Å²) in [5.74, 6) is 0. The molecule has 1 aromatic carbocycles. The average molecular weight is 245 g/mol. The summed E-state index contributed by atoms with van der Waals surface area (Å²) in [5, 5.41) is 5.97. The zero-order chi connectivity index (χ0) is 11.3. The van der Waals surface area contributed by atoms with Gasteiger partial charge in [0, 0.05) is 11.9 Å². The van der Waals surface area contributed by atoms with E-state index in [2.05, 4.69) is 10.6 Å². The maximum atomic E-state index is 11.2. The molecule has 0 unspecified atom stereocenters. The molecular formula is C10H10Cl2N2O. The molecule has 1 aromatic rings. The van der Waals surface area contributed by atoms with Gasteiger partial charge in [-0.2, -0.15) is 0 Å². The maximum absolute atomic E-state index is 11.2. The van der Waals surface area contributed by atoms with Crippen LogP contribution in [-0.4, -0.2) is 6.03 Å². The summed E-state index contributed by atoms with van der Waals surface area (Å²) in [7, 11) is 0. The zero-order valence-corrected chi connectivity index (χ0v) is 9.56. The molecule has 0 heterocycles. The van der Waals surface area contributed by atoms with Crippen LogP contribution in [-0.2, 0) is 0 Å². The van der Waals surface area contributed by atoms with Crippen LogP contribution in [0.4, 0.5) is 10.5 Å². The second-order valence-corrected chi connectivity index (χ2v) is 3.54. The van der Waals surface area contributed by atoms with Crippen molar-refractivity contribution in [2.45, 2.75) is 6.92 Å². The number of allylic oxidation sites excluding steroid dienone is 1. The molecule has 5 heteroatoms. The molecule has 0 bridgehead atoms. The summed E-state index contributed by atoms with van der Waals surface area (Å²) in [6.07, 6.45) is 3.25. The predicted molar refractivity (Wildman–Crippen MR) is 63.4 cm³/mol. The van der Waals surface area contributed by atoms with Crippen molar-refractivity contribution in [2.75, 3.05) is 5.32 Å². The van der Waals surface area contributed by atoms with E-state index < -0.39 is 0 Å². The molecule has 2 N–H and O–H groups in total. The van der Waals surface area contributed by atoms with Crippen LogP contribution in [0.1, 0.15) is 6.92 Å². The van der Waals surface area contributed by atoms with Crippen LogP contribution >= 0.6 is 23.2 Å². The fourth-order valence-electron chi connectivity index (χ4n) is 0.900. The third kappa shape index (κ3) is 3.81. The van der Waals surface area contributed by atoms with E-state index in [-0.39, 0.29) is 6.03 Å². The molecule has 0 saturated carbocycles. The van der Waals surface area contributed by atoms with Crippen molar-refractivity contribution in [3.05, 3.63) is 40.5 Å². The van der Waals surface area contributed by atoms with E-state index in [9.17, 15) is 4.79 Å². The normalized spacial score (nSPS) is 10.3. The number of carbonyl (C=O) groups is 1. The Morgan fingerprint density at radius 1 is 1.33 bits per heavy atom. The lowest BCUT2D eigenvalue weighted by Gasteiger charge is -2.05. The molecule has 0 aliphatic carbocycles. The molecule has 0 aromatic heterocycles. The molecule has 80 valence electrons. The highest BCUT2D eigenvalue weighted by Gasteiger charge is 2.02. The number of nitrogens with one attached hydrogen (secondary N) is 2. The van der Waals surface area contributed by atoms with Gasteiger partial charge in [-0.1, -0.05) is 29.3 Å². The summed E-state index contributed by atoms with van der Waals surface area (Å²) < 4.78 is 0. The zero-order valence-electron chi connectivity index (χ0n) is 8.05. The summed E-state index contributed by atoms with van der Waals surface area (Å²) in [4.78, 5) is 11.2. The van der Waals surface area contributed by atoms with Gasteiger partial charge < -0.3 is 10.6 Å². The number of benzene rings is 1. The molecular weight excluding hydrogens is 235 g/mol. The number of halogens is 2. The molecule has 3 nitrogen and oxygen atoms in total. The van der Waals surface area contributed by atoms with E-state index in [0.717, 1.165) is 0 Å². The second kappa shape index (κ2) is 5.63. The molecule has 15 heavy (non-hydrogen) atoms. The van der Waals surface area contributed by atoms with Gasteiger partial charge in [0.2, 0.25) is 0 Å². The number of amides is 2. The van der Waals surface area contributed by atoms with Crippen LogP contribution in [0.25, 0.3) is 0 Å². The van der Waals surface area contributed by atoms with Gasteiger partial charge in [0.05, 0.1) is 10.0 Å². The van der Waals surface area contributed by atoms with Gasteiger partial charge in [-0.15, -0.1) is 0 Å². The number of hydrogen-bond acceptors (Lipinski definition) is 1. The average Bonchev–Trinajstić information content (AvgIpc) is 2.20. The highest BCUT2D eigenvalue weighted by Crippen LogP contribution is 2.24. The van der Waals surface area contributed by atoms with Crippen LogP contribution in [0.5, 0.6) is 0 Å². The van der Waals surface area contributed by atoms with Gasteiger partial charge in [0.15, 0.2) is 0 Å².